The molecule has 1 aromatic heterocycles. The van der Waals surface area contributed by atoms with E-state index >= 15 is 0 Å². The standard InChI is InChI=1S/C19H20N4O2/c1-14(19(24)22-17-10-6-7-11-18(17)25-2)21-15-12-20-23(13-15)16-8-4-3-5-9-16/h3-14,21H,1-2H3,(H,22,24). The Morgan fingerprint density at radius 3 is 2.60 bits per heavy atom. The van der Waals surface area contributed by atoms with Gasteiger partial charge in [-0.2, -0.15) is 5.10 Å². The number of nitrogens with one attached hydrogen (secondary N) is 2. The number of amides is 1. The highest BCUT2D eigenvalue weighted by molar-refractivity contribution is 5.97. The van der Waals surface area contributed by atoms with Crippen LogP contribution in [0.2, 0.25) is 0 Å². The number of anilines is 2. The average molecular weight is 336 g/mol. The van der Waals surface area contributed by atoms with E-state index in [9.17, 15) is 4.79 Å². The maximum Gasteiger partial charge on any atom is 0.246 e. The number of hydrogen-bond acceptors (Lipinski definition) is 4. The van der Waals surface area contributed by atoms with Gasteiger partial charge in [0.05, 0.1) is 36.6 Å². The van der Waals surface area contributed by atoms with Gasteiger partial charge in [0, 0.05) is 0 Å². The first-order valence-corrected chi connectivity index (χ1v) is 7.98. The molecule has 1 atom stereocenters. The summed E-state index contributed by atoms with van der Waals surface area (Å²) in [6.45, 7) is 1.80. The van der Waals surface area contributed by atoms with Gasteiger partial charge in [0.15, 0.2) is 0 Å². The van der Waals surface area contributed by atoms with Crippen molar-refractivity contribution >= 4 is 17.3 Å². The Balaban J connectivity index is 1.65. The molecule has 6 nitrogen and oxygen atoms in total. The molecular weight excluding hydrogens is 316 g/mol. The number of rotatable bonds is 6. The van der Waals surface area contributed by atoms with E-state index in [4.69, 9.17) is 4.74 Å². The molecule has 3 rings (SSSR count). The van der Waals surface area contributed by atoms with E-state index in [1.807, 2.05) is 48.7 Å². The maximum atomic E-state index is 12.4. The maximum absolute atomic E-state index is 12.4. The molecule has 2 N–H and O–H groups in total. The monoisotopic (exact) mass is 336 g/mol. The summed E-state index contributed by atoms with van der Waals surface area (Å²) in [5, 5.41) is 10.3. The Hall–Kier alpha value is -3.28. The number of benzene rings is 2. The van der Waals surface area contributed by atoms with E-state index in [0.29, 0.717) is 11.4 Å². The molecule has 1 amide bonds. The molecule has 25 heavy (non-hydrogen) atoms. The fourth-order valence-corrected chi connectivity index (χ4v) is 2.42. The van der Waals surface area contributed by atoms with Crippen molar-refractivity contribution in [1.29, 1.82) is 0 Å². The number of nitrogens with zero attached hydrogens (tertiary/aromatic N) is 2. The predicted octanol–water partition coefficient (Wildman–Crippen LogP) is 3.32. The summed E-state index contributed by atoms with van der Waals surface area (Å²) in [4.78, 5) is 12.4. The van der Waals surface area contributed by atoms with Crippen LogP contribution in [0.3, 0.4) is 0 Å². The van der Waals surface area contributed by atoms with Crippen LogP contribution in [0.5, 0.6) is 5.75 Å². The molecule has 0 saturated carbocycles. The number of aromatic nitrogens is 2. The molecular formula is C19H20N4O2. The Bertz CT molecular complexity index is 845. The van der Waals surface area contributed by atoms with Crippen molar-refractivity contribution < 1.29 is 9.53 Å². The van der Waals surface area contributed by atoms with Crippen LogP contribution in [-0.4, -0.2) is 28.8 Å². The van der Waals surface area contributed by atoms with Crippen LogP contribution < -0.4 is 15.4 Å². The Morgan fingerprint density at radius 2 is 1.84 bits per heavy atom. The summed E-state index contributed by atoms with van der Waals surface area (Å²) in [5.41, 5.74) is 2.37. The fraction of sp³-hybridized carbons (Fsp3) is 0.158. The van der Waals surface area contributed by atoms with Gasteiger partial charge in [-0.25, -0.2) is 4.68 Å². The van der Waals surface area contributed by atoms with Crippen molar-refractivity contribution in [2.75, 3.05) is 17.7 Å². The van der Waals surface area contributed by atoms with E-state index in [1.165, 1.54) is 0 Å². The van der Waals surface area contributed by atoms with Gasteiger partial charge in [-0.1, -0.05) is 30.3 Å². The minimum Gasteiger partial charge on any atom is -0.495 e. The normalized spacial score (nSPS) is 11.6. The molecule has 0 aliphatic rings. The third kappa shape index (κ3) is 3.98. The first-order valence-electron chi connectivity index (χ1n) is 7.98. The zero-order chi connectivity index (χ0) is 17.6. The Kier molecular flexibility index (Phi) is 4.99. The Labute approximate surface area is 146 Å². The van der Waals surface area contributed by atoms with Gasteiger partial charge in [-0.05, 0) is 31.2 Å². The SMILES string of the molecule is COc1ccccc1NC(=O)C(C)Nc1cnn(-c2ccccc2)c1. The van der Waals surface area contributed by atoms with Crippen LogP contribution >= 0.6 is 0 Å². The van der Waals surface area contributed by atoms with Crippen molar-refractivity contribution in [3.63, 3.8) is 0 Å². The zero-order valence-electron chi connectivity index (χ0n) is 14.1. The van der Waals surface area contributed by atoms with Crippen LogP contribution in [-0.2, 0) is 4.79 Å². The fourth-order valence-electron chi connectivity index (χ4n) is 2.42. The van der Waals surface area contributed by atoms with Gasteiger partial charge in [0.25, 0.3) is 0 Å². The zero-order valence-corrected chi connectivity index (χ0v) is 14.1. The average Bonchev–Trinajstić information content (AvgIpc) is 3.11. The number of methoxy groups -OCH3 is 1. The summed E-state index contributed by atoms with van der Waals surface area (Å²) in [6, 6.07) is 16.7. The van der Waals surface area contributed by atoms with Gasteiger partial charge in [0.1, 0.15) is 11.8 Å². The summed E-state index contributed by atoms with van der Waals surface area (Å²) in [5.74, 6) is 0.469. The molecule has 0 aliphatic carbocycles. The van der Waals surface area contributed by atoms with Gasteiger partial charge >= 0.3 is 0 Å². The minimum atomic E-state index is -0.432. The van der Waals surface area contributed by atoms with Crippen molar-refractivity contribution in [2.45, 2.75) is 13.0 Å². The predicted molar refractivity (Wildman–Crippen MR) is 98.3 cm³/mol. The molecule has 3 aromatic rings. The first-order chi connectivity index (χ1) is 12.2. The molecule has 0 radical (unpaired) electrons. The van der Waals surface area contributed by atoms with Crippen molar-refractivity contribution in [3.8, 4) is 11.4 Å². The molecule has 0 spiro atoms. The quantitative estimate of drug-likeness (QED) is 0.724. The molecule has 0 aliphatic heterocycles. The van der Waals surface area contributed by atoms with Crippen molar-refractivity contribution in [3.05, 3.63) is 67.0 Å². The highest BCUT2D eigenvalue weighted by Gasteiger charge is 2.15. The molecule has 0 bridgehead atoms. The smallest absolute Gasteiger partial charge is 0.246 e. The molecule has 2 aromatic carbocycles. The third-order valence-corrected chi connectivity index (χ3v) is 3.74. The second-order valence-electron chi connectivity index (χ2n) is 5.56. The van der Waals surface area contributed by atoms with Crippen LogP contribution in [0.4, 0.5) is 11.4 Å². The lowest BCUT2D eigenvalue weighted by atomic mass is 10.2. The third-order valence-electron chi connectivity index (χ3n) is 3.74. The topological polar surface area (TPSA) is 68.2 Å². The molecule has 1 heterocycles. The lowest BCUT2D eigenvalue weighted by molar-refractivity contribution is -0.116. The Morgan fingerprint density at radius 1 is 1.12 bits per heavy atom. The van der Waals surface area contributed by atoms with Gasteiger partial charge in [-0.3, -0.25) is 4.79 Å². The lowest BCUT2D eigenvalue weighted by Gasteiger charge is -2.15. The lowest BCUT2D eigenvalue weighted by Crippen LogP contribution is -2.31. The number of para-hydroxylation sites is 3. The van der Waals surface area contributed by atoms with E-state index in [-0.39, 0.29) is 5.91 Å². The van der Waals surface area contributed by atoms with Crippen LogP contribution in [0.25, 0.3) is 5.69 Å². The molecule has 6 heteroatoms. The first kappa shape index (κ1) is 16.6. The van der Waals surface area contributed by atoms with Gasteiger partial charge in [-0.15, -0.1) is 0 Å². The summed E-state index contributed by atoms with van der Waals surface area (Å²) >= 11 is 0. The summed E-state index contributed by atoms with van der Waals surface area (Å²) < 4.78 is 7.01. The highest BCUT2D eigenvalue weighted by atomic mass is 16.5. The van der Waals surface area contributed by atoms with Crippen LogP contribution in [0.15, 0.2) is 67.0 Å². The molecule has 0 fully saturated rings. The molecule has 0 saturated heterocycles. The van der Waals surface area contributed by atoms with Crippen LogP contribution in [0, 0.1) is 0 Å². The second kappa shape index (κ2) is 7.53. The van der Waals surface area contributed by atoms with E-state index in [0.717, 1.165) is 11.4 Å². The largest absolute Gasteiger partial charge is 0.495 e. The van der Waals surface area contributed by atoms with Crippen molar-refractivity contribution in [1.82, 2.24) is 9.78 Å². The number of carbonyl (C=O) groups is 1. The van der Waals surface area contributed by atoms with E-state index in [1.54, 1.807) is 37.0 Å². The molecule has 1 unspecified atom stereocenters. The van der Waals surface area contributed by atoms with Crippen LogP contribution in [0.1, 0.15) is 6.92 Å². The second-order valence-corrected chi connectivity index (χ2v) is 5.56. The summed E-state index contributed by atoms with van der Waals surface area (Å²) in [7, 11) is 1.57. The van der Waals surface area contributed by atoms with E-state index < -0.39 is 6.04 Å². The number of hydrogen-bond donors (Lipinski definition) is 2. The molecule has 128 valence electrons. The summed E-state index contributed by atoms with van der Waals surface area (Å²) in [6.07, 6.45) is 3.54. The van der Waals surface area contributed by atoms with Gasteiger partial charge < -0.3 is 15.4 Å². The van der Waals surface area contributed by atoms with E-state index in [2.05, 4.69) is 15.7 Å². The number of carbonyl (C=O) groups excluding carboxylic acids is 1. The van der Waals surface area contributed by atoms with Crippen molar-refractivity contribution in [2.24, 2.45) is 0 Å². The minimum absolute atomic E-state index is 0.156. The number of ether oxygens (including phenoxy) is 1. The van der Waals surface area contributed by atoms with Gasteiger partial charge in [0.2, 0.25) is 5.91 Å². The highest BCUT2D eigenvalue weighted by Crippen LogP contribution is 2.23.